The fourth-order valence-electron chi connectivity index (χ4n) is 2.85. The van der Waals surface area contributed by atoms with Crippen LogP contribution < -0.4 is 5.73 Å². The Kier molecular flexibility index (Phi) is 7.87. The SMILES string of the molecule is CC(c1ccccc1)N(C)C(=O)CN1CCC(CN)CC1.Cl. The molecule has 0 spiro atoms. The summed E-state index contributed by atoms with van der Waals surface area (Å²) < 4.78 is 0. The summed E-state index contributed by atoms with van der Waals surface area (Å²) >= 11 is 0. The molecular formula is C17H28ClN3O. The number of nitrogens with zero attached hydrogens (tertiary/aromatic N) is 2. The number of likely N-dealkylation sites (N-methyl/N-ethyl adjacent to an activating group) is 1. The van der Waals surface area contributed by atoms with Gasteiger partial charge in [0.25, 0.3) is 0 Å². The minimum Gasteiger partial charge on any atom is -0.338 e. The second kappa shape index (κ2) is 9.13. The summed E-state index contributed by atoms with van der Waals surface area (Å²) in [5.74, 6) is 0.829. The Morgan fingerprint density at radius 2 is 1.91 bits per heavy atom. The van der Waals surface area contributed by atoms with Crippen LogP contribution in [-0.4, -0.2) is 48.9 Å². The summed E-state index contributed by atoms with van der Waals surface area (Å²) in [6, 6.07) is 10.3. The third kappa shape index (κ3) is 4.97. The predicted octanol–water partition coefficient (Wildman–Crippen LogP) is 2.30. The number of halogens is 1. The minimum absolute atomic E-state index is 0. The summed E-state index contributed by atoms with van der Waals surface area (Å²) in [7, 11) is 1.90. The molecule has 22 heavy (non-hydrogen) atoms. The zero-order valence-corrected chi connectivity index (χ0v) is 14.4. The number of benzene rings is 1. The molecule has 1 aliphatic rings. The van der Waals surface area contributed by atoms with Gasteiger partial charge in [-0.3, -0.25) is 9.69 Å². The molecule has 2 N–H and O–H groups in total. The van der Waals surface area contributed by atoms with Crippen LogP contribution in [0.25, 0.3) is 0 Å². The van der Waals surface area contributed by atoms with Crippen molar-refractivity contribution in [1.29, 1.82) is 0 Å². The quantitative estimate of drug-likeness (QED) is 0.903. The molecule has 0 aromatic heterocycles. The number of hydrogen-bond donors (Lipinski definition) is 1. The summed E-state index contributed by atoms with van der Waals surface area (Å²) in [4.78, 5) is 16.5. The van der Waals surface area contributed by atoms with E-state index in [9.17, 15) is 4.79 Å². The van der Waals surface area contributed by atoms with E-state index in [1.807, 2.05) is 30.1 Å². The molecule has 1 unspecified atom stereocenters. The van der Waals surface area contributed by atoms with E-state index in [2.05, 4.69) is 24.0 Å². The summed E-state index contributed by atoms with van der Waals surface area (Å²) in [6.07, 6.45) is 2.23. The molecule has 1 aromatic rings. The Morgan fingerprint density at radius 1 is 1.32 bits per heavy atom. The van der Waals surface area contributed by atoms with Crippen LogP contribution in [0.15, 0.2) is 30.3 Å². The Balaban J connectivity index is 0.00000242. The molecule has 124 valence electrons. The van der Waals surface area contributed by atoms with Crippen molar-refractivity contribution in [3.8, 4) is 0 Å². The Bertz CT molecular complexity index is 446. The molecule has 1 heterocycles. The molecule has 1 fully saturated rings. The van der Waals surface area contributed by atoms with Crippen molar-refractivity contribution >= 4 is 18.3 Å². The van der Waals surface area contributed by atoms with Crippen LogP contribution in [0.2, 0.25) is 0 Å². The predicted molar refractivity (Wildman–Crippen MR) is 93.1 cm³/mol. The zero-order chi connectivity index (χ0) is 15.2. The first-order valence-corrected chi connectivity index (χ1v) is 7.85. The molecule has 5 heteroatoms. The Labute approximate surface area is 140 Å². The van der Waals surface area contributed by atoms with E-state index >= 15 is 0 Å². The van der Waals surface area contributed by atoms with E-state index in [0.29, 0.717) is 12.5 Å². The van der Waals surface area contributed by atoms with Crippen molar-refractivity contribution in [1.82, 2.24) is 9.80 Å². The first kappa shape index (κ1) is 18.9. The van der Waals surface area contributed by atoms with E-state index in [4.69, 9.17) is 5.73 Å². The summed E-state index contributed by atoms with van der Waals surface area (Å²) in [6.45, 7) is 5.34. The minimum atomic E-state index is 0. The third-order valence-electron chi connectivity index (χ3n) is 4.66. The number of carbonyl (C=O) groups excluding carboxylic acids is 1. The van der Waals surface area contributed by atoms with E-state index in [1.54, 1.807) is 0 Å². The molecule has 0 bridgehead atoms. The topological polar surface area (TPSA) is 49.6 Å². The second-order valence-electron chi connectivity index (χ2n) is 6.05. The van der Waals surface area contributed by atoms with Crippen LogP contribution in [0.4, 0.5) is 0 Å². The van der Waals surface area contributed by atoms with Crippen LogP contribution in [0.3, 0.4) is 0 Å². The van der Waals surface area contributed by atoms with Crippen LogP contribution in [-0.2, 0) is 4.79 Å². The Hall–Kier alpha value is -1.10. The Morgan fingerprint density at radius 3 is 2.45 bits per heavy atom. The number of hydrogen-bond acceptors (Lipinski definition) is 3. The van der Waals surface area contributed by atoms with Crippen molar-refractivity contribution in [3.05, 3.63) is 35.9 Å². The van der Waals surface area contributed by atoms with Gasteiger partial charge in [-0.15, -0.1) is 12.4 Å². The third-order valence-corrected chi connectivity index (χ3v) is 4.66. The lowest BCUT2D eigenvalue weighted by molar-refractivity contribution is -0.133. The zero-order valence-electron chi connectivity index (χ0n) is 13.6. The highest BCUT2D eigenvalue weighted by Gasteiger charge is 2.23. The molecule has 4 nitrogen and oxygen atoms in total. The van der Waals surface area contributed by atoms with Crippen molar-refractivity contribution in [2.45, 2.75) is 25.8 Å². The van der Waals surface area contributed by atoms with Crippen LogP contribution in [0.5, 0.6) is 0 Å². The van der Waals surface area contributed by atoms with Crippen molar-refractivity contribution in [2.75, 3.05) is 33.2 Å². The fourth-order valence-corrected chi connectivity index (χ4v) is 2.85. The van der Waals surface area contributed by atoms with Gasteiger partial charge in [0.2, 0.25) is 5.91 Å². The standard InChI is InChI=1S/C17H27N3O.ClH/c1-14(16-6-4-3-5-7-16)19(2)17(21)13-20-10-8-15(12-18)9-11-20;/h3-7,14-15H,8-13,18H2,1-2H3;1H. The largest absolute Gasteiger partial charge is 0.338 e. The van der Waals surface area contributed by atoms with Gasteiger partial charge in [-0.2, -0.15) is 0 Å². The average Bonchev–Trinajstić information content (AvgIpc) is 2.55. The summed E-state index contributed by atoms with van der Waals surface area (Å²) in [5.41, 5.74) is 6.88. The van der Waals surface area contributed by atoms with Gasteiger partial charge >= 0.3 is 0 Å². The highest BCUT2D eigenvalue weighted by molar-refractivity contribution is 5.85. The van der Waals surface area contributed by atoms with Gasteiger partial charge in [0.15, 0.2) is 0 Å². The number of carbonyl (C=O) groups is 1. The van der Waals surface area contributed by atoms with Crippen LogP contribution in [0, 0.1) is 5.92 Å². The lowest BCUT2D eigenvalue weighted by atomic mass is 9.97. The van der Waals surface area contributed by atoms with Crippen LogP contribution in [0.1, 0.15) is 31.4 Å². The fraction of sp³-hybridized carbons (Fsp3) is 0.588. The summed E-state index contributed by atoms with van der Waals surface area (Å²) in [5, 5.41) is 0. The van der Waals surface area contributed by atoms with E-state index in [1.165, 1.54) is 5.56 Å². The normalized spacial score (nSPS) is 17.6. The molecule has 1 saturated heterocycles. The molecule has 1 atom stereocenters. The van der Waals surface area contributed by atoms with Gasteiger partial charge in [0, 0.05) is 7.05 Å². The van der Waals surface area contributed by atoms with E-state index in [0.717, 1.165) is 32.5 Å². The molecule has 2 rings (SSSR count). The van der Waals surface area contributed by atoms with Crippen molar-refractivity contribution in [2.24, 2.45) is 11.7 Å². The van der Waals surface area contributed by atoms with Crippen molar-refractivity contribution in [3.63, 3.8) is 0 Å². The molecule has 0 radical (unpaired) electrons. The highest BCUT2D eigenvalue weighted by atomic mass is 35.5. The monoisotopic (exact) mass is 325 g/mol. The molecule has 0 saturated carbocycles. The van der Waals surface area contributed by atoms with Gasteiger partial charge in [0.1, 0.15) is 0 Å². The molecule has 1 aliphatic heterocycles. The first-order valence-electron chi connectivity index (χ1n) is 7.85. The number of nitrogens with two attached hydrogens (primary N) is 1. The van der Waals surface area contributed by atoms with E-state index < -0.39 is 0 Å². The number of amides is 1. The number of piperidine rings is 1. The maximum Gasteiger partial charge on any atom is 0.236 e. The molecular weight excluding hydrogens is 298 g/mol. The van der Waals surface area contributed by atoms with Gasteiger partial charge in [-0.1, -0.05) is 30.3 Å². The van der Waals surface area contributed by atoms with Crippen molar-refractivity contribution < 1.29 is 4.79 Å². The maximum absolute atomic E-state index is 12.4. The van der Waals surface area contributed by atoms with Gasteiger partial charge in [0.05, 0.1) is 12.6 Å². The highest BCUT2D eigenvalue weighted by Crippen LogP contribution is 2.20. The number of rotatable bonds is 5. The van der Waals surface area contributed by atoms with Crippen LogP contribution >= 0.6 is 12.4 Å². The lowest BCUT2D eigenvalue weighted by Gasteiger charge is -2.33. The average molecular weight is 326 g/mol. The van der Waals surface area contributed by atoms with E-state index in [-0.39, 0.29) is 24.4 Å². The molecule has 1 amide bonds. The second-order valence-corrected chi connectivity index (χ2v) is 6.05. The lowest BCUT2D eigenvalue weighted by Crippen LogP contribution is -2.43. The number of likely N-dealkylation sites (tertiary alicyclic amines) is 1. The maximum atomic E-state index is 12.4. The van der Waals surface area contributed by atoms with Gasteiger partial charge in [-0.25, -0.2) is 0 Å². The molecule has 1 aromatic carbocycles. The smallest absolute Gasteiger partial charge is 0.236 e. The van der Waals surface area contributed by atoms with Gasteiger partial charge < -0.3 is 10.6 Å². The molecule has 0 aliphatic carbocycles. The van der Waals surface area contributed by atoms with Gasteiger partial charge in [-0.05, 0) is 50.9 Å². The first-order chi connectivity index (χ1) is 10.1.